The van der Waals surface area contributed by atoms with E-state index in [1.165, 1.54) is 31.9 Å². The van der Waals surface area contributed by atoms with Crippen molar-refractivity contribution in [2.75, 3.05) is 25.9 Å². The van der Waals surface area contributed by atoms with Gasteiger partial charge in [-0.3, -0.25) is 4.79 Å². The van der Waals surface area contributed by atoms with E-state index in [9.17, 15) is 13.2 Å². The fourth-order valence-corrected chi connectivity index (χ4v) is 4.80. The second-order valence-corrected chi connectivity index (χ2v) is 8.54. The average Bonchev–Trinajstić information content (AvgIpc) is 2.91. The smallest absolute Gasteiger partial charge is 0.241 e. The van der Waals surface area contributed by atoms with Crippen LogP contribution in [-0.4, -0.2) is 45.0 Å². The summed E-state index contributed by atoms with van der Waals surface area (Å²) in [7, 11) is -3.39. The molecule has 5 nitrogen and oxygen atoms in total. The van der Waals surface area contributed by atoms with Crippen molar-refractivity contribution in [1.29, 1.82) is 0 Å². The molecule has 2 rings (SSSR count). The summed E-state index contributed by atoms with van der Waals surface area (Å²) in [6.45, 7) is 1.78. The van der Waals surface area contributed by atoms with Crippen LogP contribution in [0.2, 0.25) is 0 Å². The summed E-state index contributed by atoms with van der Waals surface area (Å²) in [6.07, 6.45) is 7.99. The Bertz CT molecular complexity index is 435. The van der Waals surface area contributed by atoms with Crippen molar-refractivity contribution < 1.29 is 13.2 Å². The monoisotopic (exact) mass is 302 g/mol. The molecule has 2 fully saturated rings. The first-order valence-electron chi connectivity index (χ1n) is 7.64. The highest BCUT2D eigenvalue weighted by Gasteiger charge is 2.48. The van der Waals surface area contributed by atoms with E-state index >= 15 is 0 Å². The average molecular weight is 302 g/mol. The van der Waals surface area contributed by atoms with E-state index in [2.05, 4.69) is 10.6 Å². The van der Waals surface area contributed by atoms with Crippen LogP contribution in [0.15, 0.2) is 0 Å². The first kappa shape index (κ1) is 15.8. The Balaban J connectivity index is 1.93. The Morgan fingerprint density at radius 3 is 2.40 bits per heavy atom. The highest BCUT2D eigenvalue weighted by Crippen LogP contribution is 2.29. The standard InChI is InChI=1S/C14H26N2O3S/c1-20(18,19)14(7-10-15-11-8-14)13(17)16-9-6-12-4-2-3-5-12/h12,15H,2-11H2,1H3,(H,16,17). The highest BCUT2D eigenvalue weighted by molar-refractivity contribution is 7.92. The first-order chi connectivity index (χ1) is 9.46. The molecule has 1 aliphatic heterocycles. The zero-order chi connectivity index (χ0) is 14.6. The molecular formula is C14H26N2O3S. The third-order valence-electron chi connectivity index (χ3n) is 4.85. The van der Waals surface area contributed by atoms with Crippen LogP contribution < -0.4 is 10.6 Å². The van der Waals surface area contributed by atoms with Gasteiger partial charge in [0, 0.05) is 12.8 Å². The SMILES string of the molecule is CS(=O)(=O)C1(C(=O)NCCC2CCCC2)CCNCC1. The van der Waals surface area contributed by atoms with Crippen molar-refractivity contribution in [2.24, 2.45) is 5.92 Å². The van der Waals surface area contributed by atoms with Crippen LogP contribution in [-0.2, 0) is 14.6 Å². The summed E-state index contributed by atoms with van der Waals surface area (Å²) in [6, 6.07) is 0. The lowest BCUT2D eigenvalue weighted by atomic mass is 9.95. The van der Waals surface area contributed by atoms with Crippen LogP contribution in [0.4, 0.5) is 0 Å². The van der Waals surface area contributed by atoms with Gasteiger partial charge in [0.1, 0.15) is 0 Å². The number of nitrogens with one attached hydrogen (secondary N) is 2. The van der Waals surface area contributed by atoms with E-state index in [1.54, 1.807) is 0 Å². The number of piperidine rings is 1. The fourth-order valence-electron chi connectivity index (χ4n) is 3.45. The van der Waals surface area contributed by atoms with Crippen LogP contribution in [0.3, 0.4) is 0 Å². The van der Waals surface area contributed by atoms with Crippen LogP contribution in [0.5, 0.6) is 0 Å². The second kappa shape index (κ2) is 6.43. The number of carbonyl (C=O) groups excluding carboxylic acids is 1. The minimum Gasteiger partial charge on any atom is -0.355 e. The molecule has 0 aromatic carbocycles. The molecule has 6 heteroatoms. The summed E-state index contributed by atoms with van der Waals surface area (Å²) in [5, 5.41) is 6.00. The van der Waals surface area contributed by atoms with Crippen molar-refractivity contribution in [3.8, 4) is 0 Å². The van der Waals surface area contributed by atoms with Crippen molar-refractivity contribution in [3.05, 3.63) is 0 Å². The molecule has 1 amide bonds. The van der Waals surface area contributed by atoms with E-state index in [0.29, 0.717) is 38.4 Å². The summed E-state index contributed by atoms with van der Waals surface area (Å²) in [5.74, 6) is 0.414. The van der Waals surface area contributed by atoms with Crippen LogP contribution in [0, 0.1) is 5.92 Å². The van der Waals surface area contributed by atoms with E-state index in [-0.39, 0.29) is 5.91 Å². The van der Waals surface area contributed by atoms with Crippen LogP contribution >= 0.6 is 0 Å². The van der Waals surface area contributed by atoms with Gasteiger partial charge in [0.05, 0.1) is 0 Å². The fraction of sp³-hybridized carbons (Fsp3) is 0.929. The summed E-state index contributed by atoms with van der Waals surface area (Å²) in [5.41, 5.74) is 0. The molecule has 0 atom stereocenters. The Morgan fingerprint density at radius 2 is 1.85 bits per heavy atom. The largest absolute Gasteiger partial charge is 0.355 e. The van der Waals surface area contributed by atoms with Crippen molar-refractivity contribution in [1.82, 2.24) is 10.6 Å². The van der Waals surface area contributed by atoms with Gasteiger partial charge >= 0.3 is 0 Å². The number of carbonyl (C=O) groups is 1. The Morgan fingerprint density at radius 1 is 1.25 bits per heavy atom. The zero-order valence-electron chi connectivity index (χ0n) is 12.3. The maximum atomic E-state index is 12.4. The Kier molecular flexibility index (Phi) is 5.07. The van der Waals surface area contributed by atoms with Gasteiger partial charge in [-0.05, 0) is 38.3 Å². The lowest BCUT2D eigenvalue weighted by Gasteiger charge is -2.34. The molecular weight excluding hydrogens is 276 g/mol. The maximum Gasteiger partial charge on any atom is 0.241 e. The van der Waals surface area contributed by atoms with Crippen LogP contribution in [0.25, 0.3) is 0 Å². The minimum atomic E-state index is -3.39. The normalized spacial score (nSPS) is 23.6. The van der Waals surface area contributed by atoms with Gasteiger partial charge < -0.3 is 10.6 Å². The maximum absolute atomic E-state index is 12.4. The highest BCUT2D eigenvalue weighted by atomic mass is 32.2. The molecule has 20 heavy (non-hydrogen) atoms. The van der Waals surface area contributed by atoms with Gasteiger partial charge in [-0.2, -0.15) is 0 Å². The molecule has 0 unspecified atom stereocenters. The molecule has 0 aromatic heterocycles. The van der Waals surface area contributed by atoms with Crippen molar-refractivity contribution in [3.63, 3.8) is 0 Å². The van der Waals surface area contributed by atoms with E-state index < -0.39 is 14.6 Å². The third kappa shape index (κ3) is 3.34. The molecule has 1 heterocycles. The lowest BCUT2D eigenvalue weighted by molar-refractivity contribution is -0.124. The van der Waals surface area contributed by atoms with E-state index in [4.69, 9.17) is 0 Å². The lowest BCUT2D eigenvalue weighted by Crippen LogP contribution is -2.57. The predicted molar refractivity (Wildman–Crippen MR) is 79.3 cm³/mol. The van der Waals surface area contributed by atoms with Gasteiger partial charge in [0.25, 0.3) is 0 Å². The molecule has 0 spiro atoms. The quantitative estimate of drug-likeness (QED) is 0.789. The van der Waals surface area contributed by atoms with Gasteiger partial charge in [-0.15, -0.1) is 0 Å². The number of rotatable bonds is 5. The Labute approximate surface area is 121 Å². The summed E-state index contributed by atoms with van der Waals surface area (Å²) >= 11 is 0. The number of sulfone groups is 1. The topological polar surface area (TPSA) is 75.3 Å². The molecule has 0 radical (unpaired) electrons. The summed E-state index contributed by atoms with van der Waals surface area (Å²) < 4.78 is 22.9. The molecule has 2 N–H and O–H groups in total. The van der Waals surface area contributed by atoms with Gasteiger partial charge in [0.15, 0.2) is 14.6 Å². The number of hydrogen-bond donors (Lipinski definition) is 2. The van der Waals surface area contributed by atoms with E-state index in [0.717, 1.165) is 6.42 Å². The molecule has 0 bridgehead atoms. The molecule has 0 aromatic rings. The zero-order valence-corrected chi connectivity index (χ0v) is 13.1. The molecule has 116 valence electrons. The van der Waals surface area contributed by atoms with Gasteiger partial charge in [-0.25, -0.2) is 8.42 Å². The molecule has 2 aliphatic rings. The van der Waals surface area contributed by atoms with Crippen LogP contribution in [0.1, 0.15) is 44.9 Å². The van der Waals surface area contributed by atoms with Crippen molar-refractivity contribution >= 4 is 15.7 Å². The number of hydrogen-bond acceptors (Lipinski definition) is 4. The Hall–Kier alpha value is -0.620. The minimum absolute atomic E-state index is 0.292. The second-order valence-electron chi connectivity index (χ2n) is 6.21. The third-order valence-corrected chi connectivity index (χ3v) is 6.86. The van der Waals surface area contributed by atoms with Gasteiger partial charge in [-0.1, -0.05) is 25.7 Å². The van der Waals surface area contributed by atoms with Crippen molar-refractivity contribution in [2.45, 2.75) is 49.7 Å². The summed E-state index contributed by atoms with van der Waals surface area (Å²) in [4.78, 5) is 12.4. The molecule has 1 aliphatic carbocycles. The number of amides is 1. The first-order valence-corrected chi connectivity index (χ1v) is 9.53. The van der Waals surface area contributed by atoms with E-state index in [1.807, 2.05) is 0 Å². The predicted octanol–water partition coefficient (Wildman–Crippen LogP) is 0.850. The van der Waals surface area contributed by atoms with Gasteiger partial charge in [0.2, 0.25) is 5.91 Å². The molecule has 1 saturated heterocycles. The molecule has 1 saturated carbocycles.